The third-order valence-electron chi connectivity index (χ3n) is 2.96. The van der Waals surface area contributed by atoms with E-state index < -0.39 is 0 Å². The number of nitrogens with one attached hydrogen (secondary N) is 1. The Bertz CT molecular complexity index is 599. The number of carbonyl (C=O) groups is 1. The zero-order chi connectivity index (χ0) is 14.4. The normalized spacial score (nSPS) is 10.9. The van der Waals surface area contributed by atoms with Crippen LogP contribution in [0, 0.1) is 6.92 Å². The van der Waals surface area contributed by atoms with Crippen molar-refractivity contribution in [3.8, 4) is 0 Å². The first-order valence-corrected chi connectivity index (χ1v) is 7.25. The third-order valence-corrected chi connectivity index (χ3v) is 3.94. The smallest absolute Gasteiger partial charge is 0.244 e. The fourth-order valence-corrected chi connectivity index (χ4v) is 2.54. The van der Waals surface area contributed by atoms with Crippen LogP contribution >= 0.6 is 11.3 Å². The van der Waals surface area contributed by atoms with E-state index in [0.29, 0.717) is 6.54 Å². The Labute approximate surface area is 122 Å². The van der Waals surface area contributed by atoms with E-state index in [2.05, 4.69) is 5.32 Å². The molecule has 2 N–H and O–H groups in total. The topological polar surface area (TPSA) is 49.3 Å². The average molecular weight is 287 g/mol. The van der Waals surface area contributed by atoms with Crippen LogP contribution in [0.2, 0.25) is 0 Å². The van der Waals surface area contributed by atoms with E-state index in [-0.39, 0.29) is 12.5 Å². The molecule has 0 fully saturated rings. The molecule has 20 heavy (non-hydrogen) atoms. The van der Waals surface area contributed by atoms with Crippen LogP contribution in [0.1, 0.15) is 21.6 Å². The zero-order valence-corrected chi connectivity index (χ0v) is 12.1. The van der Waals surface area contributed by atoms with Crippen molar-refractivity contribution in [2.45, 2.75) is 20.1 Å². The van der Waals surface area contributed by atoms with Gasteiger partial charge in [-0.05, 0) is 41.1 Å². The molecule has 2 rings (SSSR count). The van der Waals surface area contributed by atoms with Gasteiger partial charge in [0.1, 0.15) is 0 Å². The summed E-state index contributed by atoms with van der Waals surface area (Å²) < 4.78 is 0. The maximum Gasteiger partial charge on any atom is 0.244 e. The van der Waals surface area contributed by atoms with Crippen LogP contribution in [0.3, 0.4) is 0 Å². The van der Waals surface area contributed by atoms with Crippen molar-refractivity contribution in [1.29, 1.82) is 0 Å². The van der Waals surface area contributed by atoms with E-state index >= 15 is 0 Å². The molecule has 0 spiro atoms. The lowest BCUT2D eigenvalue weighted by atomic mass is 10.1. The molecule has 0 radical (unpaired) electrons. The summed E-state index contributed by atoms with van der Waals surface area (Å²) in [7, 11) is 0. The average Bonchev–Trinajstić information content (AvgIpc) is 2.89. The largest absolute Gasteiger partial charge is 0.392 e. The van der Waals surface area contributed by atoms with Crippen LogP contribution in [0.5, 0.6) is 0 Å². The van der Waals surface area contributed by atoms with Crippen LogP contribution in [0.25, 0.3) is 6.08 Å². The second-order valence-electron chi connectivity index (χ2n) is 4.49. The molecule has 3 nitrogen and oxygen atoms in total. The molecule has 1 heterocycles. The Morgan fingerprint density at radius 2 is 1.95 bits per heavy atom. The van der Waals surface area contributed by atoms with Crippen molar-refractivity contribution in [3.05, 3.63) is 63.4 Å². The maximum absolute atomic E-state index is 11.7. The van der Waals surface area contributed by atoms with E-state index in [4.69, 9.17) is 5.11 Å². The molecule has 104 valence electrons. The number of hydrogen-bond donors (Lipinski definition) is 2. The van der Waals surface area contributed by atoms with Gasteiger partial charge in [-0.2, -0.15) is 0 Å². The molecule has 1 amide bonds. The molecule has 0 saturated heterocycles. The van der Waals surface area contributed by atoms with Gasteiger partial charge in [0.05, 0.1) is 6.61 Å². The minimum atomic E-state index is -0.107. The van der Waals surface area contributed by atoms with Crippen molar-refractivity contribution < 1.29 is 9.90 Å². The molecule has 0 bridgehead atoms. The van der Waals surface area contributed by atoms with Crippen LogP contribution in [-0.4, -0.2) is 11.0 Å². The van der Waals surface area contributed by atoms with Crippen molar-refractivity contribution in [2.75, 3.05) is 0 Å². The van der Waals surface area contributed by atoms with Gasteiger partial charge in [0.2, 0.25) is 5.91 Å². The highest BCUT2D eigenvalue weighted by Gasteiger charge is 1.99. The molecule has 0 unspecified atom stereocenters. The molecule has 1 aromatic heterocycles. The summed E-state index contributed by atoms with van der Waals surface area (Å²) in [4.78, 5) is 12.8. The van der Waals surface area contributed by atoms with Gasteiger partial charge in [-0.25, -0.2) is 0 Å². The minimum absolute atomic E-state index is 0.0372. The molecular weight excluding hydrogens is 270 g/mol. The summed E-state index contributed by atoms with van der Waals surface area (Å²) in [6.07, 6.45) is 3.39. The van der Waals surface area contributed by atoms with Gasteiger partial charge in [0, 0.05) is 17.5 Å². The minimum Gasteiger partial charge on any atom is -0.392 e. The highest BCUT2D eigenvalue weighted by molar-refractivity contribution is 7.11. The highest BCUT2D eigenvalue weighted by Crippen LogP contribution is 2.16. The maximum atomic E-state index is 11.7. The molecule has 0 aliphatic carbocycles. The molecule has 1 aromatic carbocycles. The molecule has 4 heteroatoms. The highest BCUT2D eigenvalue weighted by atomic mass is 32.1. The quantitative estimate of drug-likeness (QED) is 0.831. The number of rotatable bonds is 5. The van der Waals surface area contributed by atoms with Crippen LogP contribution < -0.4 is 5.32 Å². The number of aliphatic hydroxyl groups excluding tert-OH is 1. The number of aryl methyl sites for hydroxylation is 1. The Morgan fingerprint density at radius 1 is 1.25 bits per heavy atom. The Kier molecular flexibility index (Phi) is 5.09. The van der Waals surface area contributed by atoms with Crippen LogP contribution in [0.4, 0.5) is 0 Å². The summed E-state index contributed by atoms with van der Waals surface area (Å²) >= 11 is 1.62. The summed E-state index contributed by atoms with van der Waals surface area (Å²) in [5.74, 6) is -0.107. The van der Waals surface area contributed by atoms with Gasteiger partial charge in [-0.1, -0.05) is 24.3 Å². The third kappa shape index (κ3) is 4.05. The second kappa shape index (κ2) is 7.03. The van der Waals surface area contributed by atoms with Gasteiger partial charge in [-0.15, -0.1) is 11.3 Å². The van der Waals surface area contributed by atoms with Gasteiger partial charge < -0.3 is 10.4 Å². The molecule has 2 aromatic rings. The lowest BCUT2D eigenvalue weighted by Crippen LogP contribution is -2.20. The zero-order valence-electron chi connectivity index (χ0n) is 11.3. The van der Waals surface area contributed by atoms with E-state index in [1.54, 1.807) is 17.4 Å². The fraction of sp³-hybridized carbons (Fsp3) is 0.188. The standard InChI is InChI=1S/C16H17NO2S/c1-12-8-9-20-15(12)6-7-16(19)17-10-13-2-4-14(11-18)5-3-13/h2-9,18H,10-11H2,1H3,(H,17,19)/b7-6+. The van der Waals surface area contributed by atoms with Crippen molar-refractivity contribution in [1.82, 2.24) is 5.32 Å². The summed E-state index contributed by atoms with van der Waals surface area (Å²) in [6.45, 7) is 2.55. The number of carbonyl (C=O) groups excluding carboxylic acids is 1. The Balaban J connectivity index is 1.85. The SMILES string of the molecule is Cc1ccsc1/C=C/C(=O)NCc1ccc(CO)cc1. The van der Waals surface area contributed by atoms with E-state index in [9.17, 15) is 4.79 Å². The number of thiophene rings is 1. The van der Waals surface area contributed by atoms with Gasteiger partial charge >= 0.3 is 0 Å². The number of amides is 1. The molecule has 0 aliphatic heterocycles. The first-order valence-electron chi connectivity index (χ1n) is 6.37. The first-order chi connectivity index (χ1) is 9.69. The lowest BCUT2D eigenvalue weighted by Gasteiger charge is -2.03. The molecule has 0 atom stereocenters. The van der Waals surface area contributed by atoms with Crippen molar-refractivity contribution in [3.63, 3.8) is 0 Å². The fourth-order valence-electron chi connectivity index (χ4n) is 1.72. The van der Waals surface area contributed by atoms with E-state index in [0.717, 1.165) is 16.0 Å². The number of aliphatic hydroxyl groups is 1. The number of hydrogen-bond acceptors (Lipinski definition) is 3. The van der Waals surface area contributed by atoms with Crippen molar-refractivity contribution >= 4 is 23.3 Å². The second-order valence-corrected chi connectivity index (χ2v) is 5.44. The monoisotopic (exact) mass is 287 g/mol. The predicted octanol–water partition coefficient (Wildman–Crippen LogP) is 2.88. The molecule has 0 aliphatic rings. The van der Waals surface area contributed by atoms with Crippen LogP contribution in [-0.2, 0) is 17.9 Å². The van der Waals surface area contributed by atoms with Gasteiger partial charge in [-0.3, -0.25) is 4.79 Å². The Hall–Kier alpha value is -1.91. The number of benzene rings is 1. The first kappa shape index (κ1) is 14.5. The Morgan fingerprint density at radius 3 is 2.55 bits per heavy atom. The van der Waals surface area contributed by atoms with Gasteiger partial charge in [0.25, 0.3) is 0 Å². The van der Waals surface area contributed by atoms with Crippen LogP contribution in [0.15, 0.2) is 41.8 Å². The predicted molar refractivity (Wildman–Crippen MR) is 82.3 cm³/mol. The van der Waals surface area contributed by atoms with E-state index in [1.807, 2.05) is 48.7 Å². The van der Waals surface area contributed by atoms with E-state index in [1.165, 1.54) is 5.56 Å². The molecular formula is C16H17NO2S. The summed E-state index contributed by atoms with van der Waals surface area (Å²) in [5, 5.41) is 13.8. The lowest BCUT2D eigenvalue weighted by molar-refractivity contribution is -0.116. The summed E-state index contributed by atoms with van der Waals surface area (Å²) in [5.41, 5.74) is 3.06. The molecule has 0 saturated carbocycles. The van der Waals surface area contributed by atoms with Crippen molar-refractivity contribution in [2.24, 2.45) is 0 Å². The van der Waals surface area contributed by atoms with Gasteiger partial charge in [0.15, 0.2) is 0 Å². The summed E-state index contributed by atoms with van der Waals surface area (Å²) in [6, 6.07) is 9.54.